The van der Waals surface area contributed by atoms with Crippen LogP contribution in [0, 0.1) is 0 Å². The lowest BCUT2D eigenvalue weighted by Gasteiger charge is -2.10. The van der Waals surface area contributed by atoms with Gasteiger partial charge < -0.3 is 0 Å². The quantitative estimate of drug-likeness (QED) is 0.182. The van der Waals surface area contributed by atoms with Crippen LogP contribution in [0.4, 0.5) is 0 Å². The maximum Gasteiger partial charge on any atom is 0.164 e. The van der Waals surface area contributed by atoms with E-state index in [0.29, 0.717) is 17.5 Å². The summed E-state index contributed by atoms with van der Waals surface area (Å²) in [6.07, 6.45) is 1.94. The van der Waals surface area contributed by atoms with Gasteiger partial charge in [0, 0.05) is 33.8 Å². The Kier molecular flexibility index (Phi) is 7.45. The van der Waals surface area contributed by atoms with E-state index in [4.69, 9.17) is 19.9 Å². The Morgan fingerprint density at radius 3 is 1.30 bits per heavy atom. The third-order valence-electron chi connectivity index (χ3n) is 9.16. The fraction of sp³-hybridized carbons (Fsp3) is 0. The number of hydrogen-bond acceptors (Lipinski definition) is 4. The topological polar surface area (TPSA) is 51.6 Å². The van der Waals surface area contributed by atoms with E-state index in [9.17, 15) is 0 Å². The van der Waals surface area contributed by atoms with Gasteiger partial charge in [0.15, 0.2) is 17.5 Å². The summed E-state index contributed by atoms with van der Waals surface area (Å²) in [6.45, 7) is 0. The number of fused-ring (bicyclic) bond motifs is 2. The van der Waals surface area contributed by atoms with Crippen LogP contribution in [0.3, 0.4) is 0 Å². The average Bonchev–Trinajstić information content (AvgIpc) is 3.21. The maximum atomic E-state index is 5.03. The molecule has 50 heavy (non-hydrogen) atoms. The van der Waals surface area contributed by atoms with E-state index in [1.165, 1.54) is 16.5 Å². The van der Waals surface area contributed by atoms with Crippen LogP contribution < -0.4 is 0 Å². The van der Waals surface area contributed by atoms with E-state index < -0.39 is 0 Å². The molecule has 0 fully saturated rings. The molecule has 2 heterocycles. The lowest BCUT2D eigenvalue weighted by Crippen LogP contribution is -2.00. The SMILES string of the molecule is c1ccc(-c2ccc(-c3ccc(-c4nc(-c5ccccc5)nc(-c5ccc6ccc(-c7cc8ccccc8cn7)cc6c5)n4)cc3)cc2)cc1. The Hall–Kier alpha value is -6.78. The van der Waals surface area contributed by atoms with Crippen molar-refractivity contribution in [2.45, 2.75) is 0 Å². The molecule has 4 heteroatoms. The van der Waals surface area contributed by atoms with Crippen molar-refractivity contribution in [3.05, 3.63) is 182 Å². The largest absolute Gasteiger partial charge is 0.256 e. The zero-order valence-electron chi connectivity index (χ0n) is 27.1. The van der Waals surface area contributed by atoms with Gasteiger partial charge in [-0.15, -0.1) is 0 Å². The highest BCUT2D eigenvalue weighted by Gasteiger charge is 2.14. The maximum absolute atomic E-state index is 5.03. The normalized spacial score (nSPS) is 11.2. The second-order valence-corrected chi connectivity index (χ2v) is 12.4. The summed E-state index contributed by atoms with van der Waals surface area (Å²) in [4.78, 5) is 19.7. The van der Waals surface area contributed by atoms with Crippen LogP contribution >= 0.6 is 0 Å². The van der Waals surface area contributed by atoms with Gasteiger partial charge in [-0.1, -0.05) is 158 Å². The molecule has 0 aliphatic heterocycles. The predicted molar refractivity (Wildman–Crippen MR) is 205 cm³/mol. The van der Waals surface area contributed by atoms with Gasteiger partial charge in [0.05, 0.1) is 5.69 Å². The van der Waals surface area contributed by atoms with Crippen molar-refractivity contribution in [3.8, 4) is 67.7 Å². The summed E-state index contributed by atoms with van der Waals surface area (Å²) in [5, 5.41) is 4.54. The fourth-order valence-electron chi connectivity index (χ4n) is 6.43. The van der Waals surface area contributed by atoms with Crippen LogP contribution in [0.15, 0.2) is 182 Å². The molecule has 0 radical (unpaired) electrons. The van der Waals surface area contributed by atoms with Gasteiger partial charge >= 0.3 is 0 Å². The molecule has 4 nitrogen and oxygen atoms in total. The molecule has 0 spiro atoms. The summed E-state index contributed by atoms with van der Waals surface area (Å²) >= 11 is 0. The van der Waals surface area contributed by atoms with E-state index in [0.717, 1.165) is 55.2 Å². The molecular formula is C46H30N4. The van der Waals surface area contributed by atoms with Crippen LogP contribution in [0.5, 0.6) is 0 Å². The molecule has 9 rings (SSSR count). The summed E-state index contributed by atoms with van der Waals surface area (Å²) in [7, 11) is 0. The average molecular weight is 639 g/mol. The van der Waals surface area contributed by atoms with E-state index in [1.54, 1.807) is 0 Å². The number of rotatable bonds is 6. The summed E-state index contributed by atoms with van der Waals surface area (Å²) in [5.74, 6) is 1.90. The van der Waals surface area contributed by atoms with Gasteiger partial charge in [0.1, 0.15) is 0 Å². The molecule has 2 aromatic heterocycles. The Labute approximate surface area is 290 Å². The molecule has 0 atom stereocenters. The van der Waals surface area contributed by atoms with Crippen molar-refractivity contribution in [1.82, 2.24) is 19.9 Å². The number of benzene rings is 7. The van der Waals surface area contributed by atoms with E-state index in [-0.39, 0.29) is 0 Å². The lowest BCUT2D eigenvalue weighted by molar-refractivity contribution is 1.07. The van der Waals surface area contributed by atoms with Crippen molar-refractivity contribution >= 4 is 21.5 Å². The number of pyridine rings is 1. The number of nitrogens with zero attached hydrogens (tertiary/aromatic N) is 4. The standard InChI is InChI=1S/C46H30N4/c1-3-9-31(10-4-1)32-15-17-33(18-16-32)34-19-23-37(24-20-34)45-48-44(36-11-5-2-6-12-36)49-46(50-45)40-26-22-35-21-25-39(27-42(35)28-40)43-29-38-13-7-8-14-41(38)30-47-43/h1-30H. The first-order valence-electron chi connectivity index (χ1n) is 16.7. The molecule has 0 aliphatic rings. The van der Waals surface area contributed by atoms with Crippen LogP contribution in [-0.4, -0.2) is 19.9 Å². The Morgan fingerprint density at radius 2 is 0.680 bits per heavy atom. The van der Waals surface area contributed by atoms with Crippen molar-refractivity contribution in [2.75, 3.05) is 0 Å². The number of aromatic nitrogens is 4. The summed E-state index contributed by atoms with van der Waals surface area (Å²) in [5.41, 5.74) is 9.52. The molecule has 234 valence electrons. The molecule has 9 aromatic rings. The van der Waals surface area contributed by atoms with Crippen molar-refractivity contribution in [3.63, 3.8) is 0 Å². The Balaban J connectivity index is 1.08. The molecule has 0 saturated heterocycles. The molecule has 0 bridgehead atoms. The first-order valence-corrected chi connectivity index (χ1v) is 16.7. The lowest BCUT2D eigenvalue weighted by atomic mass is 9.99. The molecule has 0 unspecified atom stereocenters. The minimum Gasteiger partial charge on any atom is -0.256 e. The Morgan fingerprint density at radius 1 is 0.260 bits per heavy atom. The number of hydrogen-bond donors (Lipinski definition) is 0. The molecule has 7 aromatic carbocycles. The predicted octanol–water partition coefficient (Wildman–Crippen LogP) is 11.6. The van der Waals surface area contributed by atoms with E-state index in [2.05, 4.69) is 133 Å². The van der Waals surface area contributed by atoms with Gasteiger partial charge in [-0.2, -0.15) is 0 Å². The van der Waals surface area contributed by atoms with Gasteiger partial charge in [0.25, 0.3) is 0 Å². The van der Waals surface area contributed by atoms with Gasteiger partial charge in [-0.05, 0) is 56.6 Å². The smallest absolute Gasteiger partial charge is 0.164 e. The molecule has 0 N–H and O–H groups in total. The van der Waals surface area contributed by atoms with E-state index in [1.807, 2.05) is 48.7 Å². The molecular weight excluding hydrogens is 609 g/mol. The minimum atomic E-state index is 0.630. The van der Waals surface area contributed by atoms with Crippen LogP contribution in [0.25, 0.3) is 89.2 Å². The van der Waals surface area contributed by atoms with E-state index >= 15 is 0 Å². The highest BCUT2D eigenvalue weighted by molar-refractivity contribution is 5.92. The summed E-state index contributed by atoms with van der Waals surface area (Å²) in [6, 6.07) is 61.0. The van der Waals surface area contributed by atoms with Gasteiger partial charge in [-0.3, -0.25) is 4.98 Å². The van der Waals surface area contributed by atoms with Crippen molar-refractivity contribution in [2.24, 2.45) is 0 Å². The molecule has 0 aliphatic carbocycles. The fourth-order valence-corrected chi connectivity index (χ4v) is 6.43. The first-order chi connectivity index (χ1) is 24.7. The van der Waals surface area contributed by atoms with Crippen LogP contribution in [0.2, 0.25) is 0 Å². The molecule has 0 amide bonds. The van der Waals surface area contributed by atoms with Crippen molar-refractivity contribution in [1.29, 1.82) is 0 Å². The van der Waals surface area contributed by atoms with Crippen LogP contribution in [0.1, 0.15) is 0 Å². The van der Waals surface area contributed by atoms with Crippen molar-refractivity contribution < 1.29 is 0 Å². The van der Waals surface area contributed by atoms with Gasteiger partial charge in [0.2, 0.25) is 0 Å². The zero-order valence-corrected chi connectivity index (χ0v) is 27.1. The zero-order chi connectivity index (χ0) is 33.3. The first kappa shape index (κ1) is 29.4. The minimum absolute atomic E-state index is 0.630. The van der Waals surface area contributed by atoms with Crippen LogP contribution in [-0.2, 0) is 0 Å². The third-order valence-corrected chi connectivity index (χ3v) is 9.16. The second-order valence-electron chi connectivity index (χ2n) is 12.4. The third kappa shape index (κ3) is 5.80. The summed E-state index contributed by atoms with van der Waals surface area (Å²) < 4.78 is 0. The Bertz CT molecular complexity index is 2620. The second kappa shape index (κ2) is 12.7. The highest BCUT2D eigenvalue weighted by Crippen LogP contribution is 2.31. The monoisotopic (exact) mass is 638 g/mol. The molecule has 0 saturated carbocycles. The van der Waals surface area contributed by atoms with Gasteiger partial charge in [-0.25, -0.2) is 15.0 Å². The highest BCUT2D eigenvalue weighted by atomic mass is 15.0.